The Morgan fingerprint density at radius 3 is 2.29 bits per heavy atom. The number of rotatable bonds is 3. The molecule has 104 valence electrons. The van der Waals surface area contributed by atoms with Gasteiger partial charge in [-0.2, -0.15) is 0 Å². The van der Waals surface area contributed by atoms with Gasteiger partial charge in [0, 0.05) is 12.6 Å². The highest BCUT2D eigenvalue weighted by atomic mass is 16.4. The molecule has 0 radical (unpaired) electrons. The Labute approximate surface area is 120 Å². The molecule has 0 unspecified atom stereocenters. The van der Waals surface area contributed by atoms with E-state index in [9.17, 15) is 14.7 Å². The summed E-state index contributed by atoms with van der Waals surface area (Å²) in [5, 5.41) is 9.19. The number of para-hydroxylation sites is 2. The van der Waals surface area contributed by atoms with Gasteiger partial charge in [-0.1, -0.05) is 30.3 Å². The SMILES string of the molecule is Cn1c(C(=O)c2ccccc2C(=O)O)nc2ccccc21. The Hall–Kier alpha value is -2.95. The quantitative estimate of drug-likeness (QED) is 0.748. The zero-order valence-electron chi connectivity index (χ0n) is 11.3. The number of aromatic carboxylic acids is 1. The predicted molar refractivity (Wildman–Crippen MR) is 77.5 cm³/mol. The fourth-order valence-electron chi connectivity index (χ4n) is 2.34. The smallest absolute Gasteiger partial charge is 0.336 e. The van der Waals surface area contributed by atoms with Gasteiger partial charge in [0.2, 0.25) is 5.78 Å². The number of aryl methyl sites for hydroxylation is 1. The van der Waals surface area contributed by atoms with Crippen LogP contribution in [0.2, 0.25) is 0 Å². The van der Waals surface area contributed by atoms with Gasteiger partial charge in [0.05, 0.1) is 16.6 Å². The molecule has 0 saturated heterocycles. The van der Waals surface area contributed by atoms with Crippen LogP contribution in [-0.4, -0.2) is 26.4 Å². The Kier molecular flexibility index (Phi) is 3.02. The molecular formula is C16H12N2O3. The van der Waals surface area contributed by atoms with Gasteiger partial charge in [-0.25, -0.2) is 9.78 Å². The zero-order valence-corrected chi connectivity index (χ0v) is 11.3. The number of benzene rings is 2. The van der Waals surface area contributed by atoms with Gasteiger partial charge >= 0.3 is 5.97 Å². The van der Waals surface area contributed by atoms with Crippen LogP contribution in [0.25, 0.3) is 11.0 Å². The zero-order chi connectivity index (χ0) is 15.0. The van der Waals surface area contributed by atoms with Crippen LogP contribution in [0.4, 0.5) is 0 Å². The molecule has 0 aliphatic carbocycles. The first-order valence-electron chi connectivity index (χ1n) is 6.38. The van der Waals surface area contributed by atoms with E-state index in [1.54, 1.807) is 23.7 Å². The molecule has 0 fully saturated rings. The standard InChI is InChI=1S/C16H12N2O3/c1-18-13-9-5-4-8-12(13)17-15(18)14(19)10-6-2-3-7-11(10)16(20)21/h2-9H,1H3,(H,20,21). The molecule has 1 aromatic heterocycles. The number of carboxylic acid groups (broad SMARTS) is 1. The number of hydrogen-bond donors (Lipinski definition) is 1. The monoisotopic (exact) mass is 280 g/mol. The summed E-state index contributed by atoms with van der Waals surface area (Å²) in [7, 11) is 1.74. The molecule has 5 heteroatoms. The molecule has 5 nitrogen and oxygen atoms in total. The van der Waals surface area contributed by atoms with Gasteiger partial charge in [-0.05, 0) is 18.2 Å². The lowest BCUT2D eigenvalue weighted by atomic mass is 10.0. The Morgan fingerprint density at radius 2 is 1.62 bits per heavy atom. The van der Waals surface area contributed by atoms with E-state index in [0.29, 0.717) is 5.52 Å². The molecule has 0 aliphatic heterocycles. The molecule has 1 N–H and O–H groups in total. The van der Waals surface area contributed by atoms with Crippen molar-refractivity contribution in [2.45, 2.75) is 0 Å². The maximum atomic E-state index is 12.6. The molecule has 0 aliphatic rings. The normalized spacial score (nSPS) is 10.7. The maximum Gasteiger partial charge on any atom is 0.336 e. The molecule has 0 atom stereocenters. The minimum Gasteiger partial charge on any atom is -0.478 e. The lowest BCUT2D eigenvalue weighted by Gasteiger charge is -2.05. The second kappa shape index (κ2) is 4.86. The minimum absolute atomic E-state index is 0.0189. The third-order valence-electron chi connectivity index (χ3n) is 3.39. The van der Waals surface area contributed by atoms with E-state index in [-0.39, 0.29) is 17.0 Å². The fraction of sp³-hybridized carbons (Fsp3) is 0.0625. The van der Waals surface area contributed by atoms with Gasteiger partial charge in [0.25, 0.3) is 0 Å². The van der Waals surface area contributed by atoms with E-state index in [4.69, 9.17) is 0 Å². The highest BCUT2D eigenvalue weighted by molar-refractivity contribution is 6.13. The number of carbonyl (C=O) groups excluding carboxylic acids is 1. The van der Waals surface area contributed by atoms with Gasteiger partial charge in [0.1, 0.15) is 0 Å². The first-order valence-corrected chi connectivity index (χ1v) is 6.38. The third kappa shape index (κ3) is 2.08. The number of ketones is 1. The molecule has 0 bridgehead atoms. The van der Waals surface area contributed by atoms with Crippen molar-refractivity contribution in [2.24, 2.45) is 7.05 Å². The van der Waals surface area contributed by atoms with Gasteiger partial charge in [0.15, 0.2) is 5.82 Å². The average Bonchev–Trinajstić information content (AvgIpc) is 2.84. The number of carboxylic acids is 1. The van der Waals surface area contributed by atoms with Gasteiger partial charge in [-0.15, -0.1) is 0 Å². The lowest BCUT2D eigenvalue weighted by molar-refractivity contribution is 0.0692. The number of hydrogen-bond acceptors (Lipinski definition) is 3. The Balaban J connectivity index is 2.18. The van der Waals surface area contributed by atoms with E-state index in [1.807, 2.05) is 24.3 Å². The summed E-state index contributed by atoms with van der Waals surface area (Å²) in [4.78, 5) is 28.2. The number of nitrogens with zero attached hydrogens (tertiary/aromatic N) is 2. The highest BCUT2D eigenvalue weighted by Crippen LogP contribution is 2.19. The third-order valence-corrected chi connectivity index (χ3v) is 3.39. The van der Waals surface area contributed by atoms with E-state index < -0.39 is 11.8 Å². The van der Waals surface area contributed by atoms with Crippen molar-refractivity contribution >= 4 is 22.8 Å². The summed E-state index contributed by atoms with van der Waals surface area (Å²) in [5.41, 5.74) is 1.66. The highest BCUT2D eigenvalue weighted by Gasteiger charge is 2.21. The summed E-state index contributed by atoms with van der Waals surface area (Å²) in [6, 6.07) is 13.5. The molecule has 0 amide bonds. The summed E-state index contributed by atoms with van der Waals surface area (Å²) >= 11 is 0. The molecule has 21 heavy (non-hydrogen) atoms. The number of imidazole rings is 1. The molecule has 0 saturated carbocycles. The van der Waals surface area contributed by atoms with Crippen LogP contribution in [-0.2, 0) is 7.05 Å². The van der Waals surface area contributed by atoms with Crippen LogP contribution >= 0.6 is 0 Å². The first-order chi connectivity index (χ1) is 10.1. The fourth-order valence-corrected chi connectivity index (χ4v) is 2.34. The van der Waals surface area contributed by atoms with Crippen LogP contribution < -0.4 is 0 Å². The van der Waals surface area contributed by atoms with E-state index in [1.165, 1.54) is 12.1 Å². The summed E-state index contributed by atoms with van der Waals surface area (Å²) in [5.74, 6) is -1.30. The molecular weight excluding hydrogens is 268 g/mol. The molecule has 0 spiro atoms. The minimum atomic E-state index is -1.13. The van der Waals surface area contributed by atoms with Crippen LogP contribution in [0.15, 0.2) is 48.5 Å². The van der Waals surface area contributed by atoms with E-state index >= 15 is 0 Å². The number of aromatic nitrogens is 2. The van der Waals surface area contributed by atoms with E-state index in [0.717, 1.165) is 5.52 Å². The van der Waals surface area contributed by atoms with Crippen molar-refractivity contribution in [3.05, 3.63) is 65.5 Å². The van der Waals surface area contributed by atoms with Crippen molar-refractivity contribution in [3.63, 3.8) is 0 Å². The van der Waals surface area contributed by atoms with Gasteiger partial charge in [-0.3, -0.25) is 4.79 Å². The van der Waals surface area contributed by atoms with Crippen molar-refractivity contribution in [3.8, 4) is 0 Å². The molecule has 3 rings (SSSR count). The van der Waals surface area contributed by atoms with Crippen molar-refractivity contribution in [2.75, 3.05) is 0 Å². The van der Waals surface area contributed by atoms with Crippen LogP contribution in [0.3, 0.4) is 0 Å². The average molecular weight is 280 g/mol. The van der Waals surface area contributed by atoms with E-state index in [2.05, 4.69) is 4.98 Å². The Bertz CT molecular complexity index is 865. The Morgan fingerprint density at radius 1 is 1.00 bits per heavy atom. The van der Waals surface area contributed by atoms with Gasteiger partial charge < -0.3 is 9.67 Å². The largest absolute Gasteiger partial charge is 0.478 e. The summed E-state index contributed by atoms with van der Waals surface area (Å²) in [6.45, 7) is 0. The van der Waals surface area contributed by atoms with Crippen LogP contribution in [0.1, 0.15) is 26.5 Å². The molecule has 1 heterocycles. The topological polar surface area (TPSA) is 72.2 Å². The number of fused-ring (bicyclic) bond motifs is 1. The lowest BCUT2D eigenvalue weighted by Crippen LogP contribution is -2.13. The van der Waals surface area contributed by atoms with Crippen molar-refractivity contribution < 1.29 is 14.7 Å². The second-order valence-corrected chi connectivity index (χ2v) is 4.66. The summed E-state index contributed by atoms with van der Waals surface area (Å²) < 4.78 is 1.68. The molecule has 2 aromatic carbocycles. The first kappa shape index (κ1) is 13.1. The predicted octanol–water partition coefficient (Wildman–Crippen LogP) is 2.50. The van der Waals surface area contributed by atoms with Crippen LogP contribution in [0, 0.1) is 0 Å². The number of carbonyl (C=O) groups is 2. The molecule has 3 aromatic rings. The van der Waals surface area contributed by atoms with Crippen molar-refractivity contribution in [1.29, 1.82) is 0 Å². The summed E-state index contributed by atoms with van der Waals surface area (Å²) in [6.07, 6.45) is 0. The second-order valence-electron chi connectivity index (χ2n) is 4.66. The van der Waals surface area contributed by atoms with Crippen LogP contribution in [0.5, 0.6) is 0 Å². The maximum absolute atomic E-state index is 12.6. The van der Waals surface area contributed by atoms with Crippen molar-refractivity contribution in [1.82, 2.24) is 9.55 Å².